The van der Waals surface area contributed by atoms with Crippen LogP contribution in [0.4, 0.5) is 13.6 Å². The smallest absolute Gasteiger partial charge is 0.415 e. The number of fused-ring (bicyclic) bond motifs is 1. The molecule has 1 aromatic carbocycles. The Morgan fingerprint density at radius 2 is 1.97 bits per heavy atom. The number of aliphatic hydroxyl groups excluding tert-OH is 2. The number of carbonyl (C=O) groups is 1. The SMILES string of the molecule is CC(C)(C)C(OCC[Si](C)(C)C)N(C(=O)O)C1=N[C@](CF)(c2cc(Br)ccc2F)[C@@H]2C(CO)[C@@]2(CO)S1. The van der Waals surface area contributed by atoms with E-state index in [1.54, 1.807) is 0 Å². The van der Waals surface area contributed by atoms with Gasteiger partial charge in [0.1, 0.15) is 24.3 Å². The largest absolute Gasteiger partial charge is 0.465 e. The van der Waals surface area contributed by atoms with Crippen LogP contribution in [0.5, 0.6) is 0 Å². The van der Waals surface area contributed by atoms with Gasteiger partial charge in [0.15, 0.2) is 5.17 Å². The van der Waals surface area contributed by atoms with Crippen LogP contribution in [-0.2, 0) is 10.3 Å². The van der Waals surface area contributed by atoms with Crippen molar-refractivity contribution < 1.29 is 33.6 Å². The lowest BCUT2D eigenvalue weighted by Crippen LogP contribution is -2.54. The number of thioether (sulfide) groups is 1. The molecule has 0 aromatic heterocycles. The minimum absolute atomic E-state index is 0.0572. The van der Waals surface area contributed by atoms with E-state index in [9.17, 15) is 20.1 Å². The number of amidine groups is 1. The minimum atomic E-state index is -1.83. The molecule has 37 heavy (non-hydrogen) atoms. The summed E-state index contributed by atoms with van der Waals surface area (Å²) in [5.74, 6) is -2.06. The second-order valence-electron chi connectivity index (χ2n) is 12.1. The van der Waals surface area contributed by atoms with E-state index in [2.05, 4.69) is 40.6 Å². The number of hydrogen-bond donors (Lipinski definition) is 3. The molecule has 1 aliphatic carbocycles. The van der Waals surface area contributed by atoms with E-state index in [-0.39, 0.29) is 17.3 Å². The van der Waals surface area contributed by atoms with Crippen molar-refractivity contribution in [3.63, 3.8) is 0 Å². The molecule has 7 nitrogen and oxygen atoms in total. The number of aliphatic hydroxyl groups is 2. The van der Waals surface area contributed by atoms with Gasteiger partial charge in [0, 0.05) is 48.6 Å². The van der Waals surface area contributed by atoms with Crippen LogP contribution >= 0.6 is 27.7 Å². The number of halogens is 3. The summed E-state index contributed by atoms with van der Waals surface area (Å²) in [4.78, 5) is 18.3. The van der Waals surface area contributed by atoms with Gasteiger partial charge in [-0.05, 0) is 24.2 Å². The number of aliphatic imine (C=N–C) groups is 1. The summed E-state index contributed by atoms with van der Waals surface area (Å²) >= 11 is 4.31. The highest BCUT2D eigenvalue weighted by Crippen LogP contribution is 2.70. The molecular formula is C25H37BrF2N2O5SSi. The molecule has 1 amide bonds. The lowest BCUT2D eigenvalue weighted by atomic mass is 9.84. The van der Waals surface area contributed by atoms with Crippen LogP contribution in [-0.4, -0.2) is 77.0 Å². The lowest BCUT2D eigenvalue weighted by Gasteiger charge is -2.42. The Morgan fingerprint density at radius 3 is 2.46 bits per heavy atom. The fourth-order valence-corrected chi connectivity index (χ4v) is 7.88. The van der Waals surface area contributed by atoms with Gasteiger partial charge in [0.25, 0.3) is 0 Å². The van der Waals surface area contributed by atoms with Crippen molar-refractivity contribution >= 4 is 47.0 Å². The molecule has 12 heteroatoms. The van der Waals surface area contributed by atoms with Gasteiger partial charge in [0.2, 0.25) is 0 Å². The molecule has 0 spiro atoms. The fraction of sp³-hybridized carbons (Fsp3) is 0.680. The third-order valence-corrected chi connectivity index (χ3v) is 10.8. The first kappa shape index (κ1) is 30.5. The molecule has 1 fully saturated rings. The van der Waals surface area contributed by atoms with Gasteiger partial charge in [-0.3, -0.25) is 0 Å². The van der Waals surface area contributed by atoms with E-state index < -0.39 is 67.0 Å². The van der Waals surface area contributed by atoms with Crippen molar-refractivity contribution in [2.75, 3.05) is 26.5 Å². The van der Waals surface area contributed by atoms with Crippen LogP contribution in [0.25, 0.3) is 0 Å². The quantitative estimate of drug-likeness (QED) is 0.247. The van der Waals surface area contributed by atoms with Crippen LogP contribution < -0.4 is 0 Å². The van der Waals surface area contributed by atoms with Gasteiger partial charge < -0.3 is 20.1 Å². The van der Waals surface area contributed by atoms with Crippen molar-refractivity contribution in [2.45, 2.75) is 63.0 Å². The second-order valence-corrected chi connectivity index (χ2v) is 20.0. The first-order valence-electron chi connectivity index (χ1n) is 12.2. The van der Waals surface area contributed by atoms with E-state index in [1.165, 1.54) is 18.2 Å². The van der Waals surface area contributed by atoms with Gasteiger partial charge in [0.05, 0.1) is 11.4 Å². The van der Waals surface area contributed by atoms with Gasteiger partial charge in [-0.15, -0.1) is 0 Å². The summed E-state index contributed by atoms with van der Waals surface area (Å²) in [6.07, 6.45) is -2.33. The lowest BCUT2D eigenvalue weighted by molar-refractivity contribution is -0.0762. The van der Waals surface area contributed by atoms with Crippen molar-refractivity contribution in [2.24, 2.45) is 22.2 Å². The topological polar surface area (TPSA) is 103 Å². The highest BCUT2D eigenvalue weighted by atomic mass is 79.9. The number of nitrogens with zero attached hydrogens (tertiary/aromatic N) is 2. The molecule has 1 heterocycles. The first-order valence-corrected chi connectivity index (χ1v) is 17.6. The molecule has 1 aliphatic heterocycles. The number of carboxylic acid groups (broad SMARTS) is 1. The van der Waals surface area contributed by atoms with Crippen LogP contribution in [0, 0.1) is 23.1 Å². The third-order valence-electron chi connectivity index (χ3n) is 7.10. The Labute approximate surface area is 230 Å². The standard InChI is InChI=1S/C25H37BrF2N2O5SSi/c1-23(2,3)20(35-9-10-37(4,5)6)30(22(33)34)21-29-24(13-27,16-11-15(26)7-8-18(16)28)19-17(12-31)25(19,14-32)36-21/h7-8,11,17,19-20,31-32H,9-10,12-14H2,1-6H3,(H,33,34)/t17?,19-,20?,24+,25+/m0/s1. The molecule has 0 radical (unpaired) electrons. The molecule has 1 aromatic rings. The Morgan fingerprint density at radius 1 is 1.32 bits per heavy atom. The monoisotopic (exact) mass is 622 g/mol. The maximum Gasteiger partial charge on any atom is 0.415 e. The zero-order valence-electron chi connectivity index (χ0n) is 22.1. The van der Waals surface area contributed by atoms with Crippen molar-refractivity contribution in [3.05, 3.63) is 34.1 Å². The van der Waals surface area contributed by atoms with E-state index in [1.807, 2.05) is 20.8 Å². The number of alkyl halides is 1. The summed E-state index contributed by atoms with van der Waals surface area (Å²) in [6.45, 7) is 10.4. The van der Waals surface area contributed by atoms with E-state index in [4.69, 9.17) is 4.74 Å². The third kappa shape index (κ3) is 5.79. The van der Waals surface area contributed by atoms with Crippen LogP contribution in [0.2, 0.25) is 25.7 Å². The molecule has 0 saturated heterocycles. The Kier molecular flexibility index (Phi) is 8.93. The number of hydrogen-bond acceptors (Lipinski definition) is 6. The average molecular weight is 624 g/mol. The van der Waals surface area contributed by atoms with Gasteiger partial charge in [-0.2, -0.15) is 0 Å². The Balaban J connectivity index is 2.19. The summed E-state index contributed by atoms with van der Waals surface area (Å²) in [5.41, 5.74) is -2.58. The maximum atomic E-state index is 15.2. The van der Waals surface area contributed by atoms with Crippen LogP contribution in [0.1, 0.15) is 26.3 Å². The highest BCUT2D eigenvalue weighted by molar-refractivity contribution is 9.10. The summed E-state index contributed by atoms with van der Waals surface area (Å²) < 4.78 is 35.9. The molecule has 2 aliphatic rings. The molecule has 0 bridgehead atoms. The van der Waals surface area contributed by atoms with Gasteiger partial charge in [-0.25, -0.2) is 23.5 Å². The van der Waals surface area contributed by atoms with E-state index >= 15 is 8.78 Å². The molecule has 1 saturated carbocycles. The van der Waals surface area contributed by atoms with Crippen molar-refractivity contribution in [1.29, 1.82) is 0 Å². The molecule has 3 N–H and O–H groups in total. The molecule has 3 rings (SSSR count). The van der Waals surface area contributed by atoms with E-state index in [0.717, 1.165) is 22.7 Å². The fourth-order valence-electron chi connectivity index (χ4n) is 5.13. The van der Waals surface area contributed by atoms with Crippen LogP contribution in [0.15, 0.2) is 27.7 Å². The minimum Gasteiger partial charge on any atom is -0.465 e. The first-order chi connectivity index (χ1) is 17.1. The van der Waals surface area contributed by atoms with Gasteiger partial charge in [-0.1, -0.05) is 68.1 Å². The molecular weight excluding hydrogens is 586 g/mol. The predicted molar refractivity (Wildman–Crippen MR) is 148 cm³/mol. The Hall–Kier alpha value is -1.05. The zero-order chi connectivity index (χ0) is 28.0. The van der Waals surface area contributed by atoms with E-state index in [0.29, 0.717) is 11.1 Å². The predicted octanol–water partition coefficient (Wildman–Crippen LogP) is 5.53. The van der Waals surface area contributed by atoms with Crippen LogP contribution in [0.3, 0.4) is 0 Å². The molecule has 2 unspecified atom stereocenters. The number of ether oxygens (including phenoxy) is 1. The maximum absolute atomic E-state index is 15.2. The summed E-state index contributed by atoms with van der Waals surface area (Å²) in [7, 11) is -1.49. The summed E-state index contributed by atoms with van der Waals surface area (Å²) in [6, 6.07) is 4.91. The van der Waals surface area contributed by atoms with Gasteiger partial charge >= 0.3 is 6.09 Å². The highest BCUT2D eigenvalue weighted by Gasteiger charge is 2.76. The average Bonchev–Trinajstić information content (AvgIpc) is 3.46. The number of benzene rings is 1. The molecule has 208 valence electrons. The summed E-state index contributed by atoms with van der Waals surface area (Å²) in [5, 5.41) is 30.9. The Bertz CT molecular complexity index is 1050. The normalized spacial score (nSPS) is 28.4. The molecule has 5 atom stereocenters. The van der Waals surface area contributed by atoms with Crippen molar-refractivity contribution in [1.82, 2.24) is 4.90 Å². The number of amides is 1. The number of rotatable bonds is 9. The second kappa shape index (κ2) is 10.8. The zero-order valence-corrected chi connectivity index (χ0v) is 25.5. The van der Waals surface area contributed by atoms with Crippen molar-refractivity contribution in [3.8, 4) is 0 Å².